The maximum Gasteiger partial charge on any atom is 0.316 e. The first kappa shape index (κ1) is 18.0. The van der Waals surface area contributed by atoms with E-state index in [4.69, 9.17) is 16.3 Å². The molecule has 134 valence electrons. The Morgan fingerprint density at radius 2 is 1.84 bits per heavy atom. The summed E-state index contributed by atoms with van der Waals surface area (Å²) in [6.45, 7) is 0. The lowest BCUT2D eigenvalue weighted by atomic mass is 9.94. The molecule has 1 aliphatic rings. The van der Waals surface area contributed by atoms with E-state index < -0.39 is 15.8 Å². The third-order valence-electron chi connectivity index (χ3n) is 3.97. The fourth-order valence-electron chi connectivity index (χ4n) is 2.73. The molecule has 1 aromatic carbocycles. The Bertz CT molecular complexity index is 825. The standard InChI is InChI=1S/C16H17ClFN3O3S/c17-11-9-19-16(20-10-11)24-14-6-4-13(5-7-14)21-25(22,23)15-3-1-2-12(18)8-15/h1-3,8-10,13-14,21H,4-7H2. The van der Waals surface area contributed by atoms with Crippen LogP contribution in [0.15, 0.2) is 41.6 Å². The molecule has 1 heterocycles. The van der Waals surface area contributed by atoms with Gasteiger partial charge in [-0.15, -0.1) is 0 Å². The molecule has 0 aliphatic heterocycles. The topological polar surface area (TPSA) is 81.2 Å². The SMILES string of the molecule is O=S(=O)(NC1CCC(Oc2ncc(Cl)cn2)CC1)c1cccc(F)c1. The number of ether oxygens (including phenoxy) is 1. The van der Waals surface area contributed by atoms with Gasteiger partial charge in [0.2, 0.25) is 10.0 Å². The minimum absolute atomic E-state index is 0.0690. The van der Waals surface area contributed by atoms with Gasteiger partial charge >= 0.3 is 6.01 Å². The molecule has 1 aliphatic carbocycles. The van der Waals surface area contributed by atoms with E-state index in [-0.39, 0.29) is 23.1 Å². The number of aromatic nitrogens is 2. The van der Waals surface area contributed by atoms with Crippen LogP contribution in [0.1, 0.15) is 25.7 Å². The average Bonchev–Trinajstić information content (AvgIpc) is 2.58. The molecule has 0 unspecified atom stereocenters. The van der Waals surface area contributed by atoms with E-state index in [2.05, 4.69) is 14.7 Å². The number of nitrogens with zero attached hydrogens (tertiary/aromatic N) is 2. The highest BCUT2D eigenvalue weighted by Crippen LogP contribution is 2.24. The van der Waals surface area contributed by atoms with Crippen LogP contribution in [0.25, 0.3) is 0 Å². The zero-order chi connectivity index (χ0) is 17.9. The van der Waals surface area contributed by atoms with E-state index in [1.807, 2.05) is 0 Å². The van der Waals surface area contributed by atoms with Crippen LogP contribution in [-0.4, -0.2) is 30.5 Å². The third-order valence-corrected chi connectivity index (χ3v) is 5.68. The van der Waals surface area contributed by atoms with Crippen LogP contribution in [0, 0.1) is 5.82 Å². The Labute approximate surface area is 150 Å². The van der Waals surface area contributed by atoms with Crippen molar-refractivity contribution in [2.45, 2.75) is 42.7 Å². The molecule has 1 N–H and O–H groups in total. The molecule has 0 atom stereocenters. The lowest BCUT2D eigenvalue weighted by molar-refractivity contribution is 0.132. The van der Waals surface area contributed by atoms with Crippen LogP contribution in [0.3, 0.4) is 0 Å². The second-order valence-electron chi connectivity index (χ2n) is 5.85. The lowest BCUT2D eigenvalue weighted by Gasteiger charge is -2.28. The van der Waals surface area contributed by atoms with Gasteiger partial charge in [0, 0.05) is 6.04 Å². The highest BCUT2D eigenvalue weighted by molar-refractivity contribution is 7.89. The van der Waals surface area contributed by atoms with Crippen LogP contribution < -0.4 is 9.46 Å². The highest BCUT2D eigenvalue weighted by Gasteiger charge is 2.27. The zero-order valence-electron chi connectivity index (χ0n) is 13.2. The van der Waals surface area contributed by atoms with E-state index in [1.165, 1.54) is 30.6 Å². The summed E-state index contributed by atoms with van der Waals surface area (Å²) in [7, 11) is -3.73. The molecule has 9 heteroatoms. The predicted octanol–water partition coefficient (Wildman–Crippen LogP) is 2.94. The largest absolute Gasteiger partial charge is 0.460 e. The molecule has 25 heavy (non-hydrogen) atoms. The zero-order valence-corrected chi connectivity index (χ0v) is 14.8. The summed E-state index contributed by atoms with van der Waals surface area (Å²) in [4.78, 5) is 7.90. The van der Waals surface area contributed by atoms with Gasteiger partial charge in [-0.25, -0.2) is 27.5 Å². The fraction of sp³-hybridized carbons (Fsp3) is 0.375. The quantitative estimate of drug-likeness (QED) is 0.855. The Morgan fingerprint density at radius 3 is 2.48 bits per heavy atom. The molecule has 0 bridgehead atoms. The molecule has 0 saturated heterocycles. The van der Waals surface area contributed by atoms with E-state index in [9.17, 15) is 12.8 Å². The van der Waals surface area contributed by atoms with Crippen molar-refractivity contribution in [3.8, 4) is 6.01 Å². The summed E-state index contributed by atoms with van der Waals surface area (Å²) in [5, 5.41) is 0.433. The molecule has 2 aromatic rings. The predicted molar refractivity (Wildman–Crippen MR) is 90.4 cm³/mol. The summed E-state index contributed by atoms with van der Waals surface area (Å²) >= 11 is 5.73. The van der Waals surface area contributed by atoms with Crippen LogP contribution in [0.4, 0.5) is 4.39 Å². The number of hydrogen-bond donors (Lipinski definition) is 1. The second-order valence-corrected chi connectivity index (χ2v) is 8.00. The van der Waals surface area contributed by atoms with Crippen molar-refractivity contribution in [2.75, 3.05) is 0 Å². The first-order chi connectivity index (χ1) is 11.9. The van der Waals surface area contributed by atoms with Gasteiger partial charge in [0.25, 0.3) is 0 Å². The first-order valence-corrected chi connectivity index (χ1v) is 9.70. The van der Waals surface area contributed by atoms with Gasteiger partial charge in [-0.2, -0.15) is 0 Å². The van der Waals surface area contributed by atoms with Crippen LogP contribution >= 0.6 is 11.6 Å². The minimum atomic E-state index is -3.73. The molecule has 3 rings (SSSR count). The number of rotatable bonds is 5. The summed E-state index contributed by atoms with van der Waals surface area (Å²) in [5.41, 5.74) is 0. The Hall–Kier alpha value is -1.77. The van der Waals surface area contributed by atoms with Gasteiger partial charge in [0.15, 0.2) is 0 Å². The van der Waals surface area contributed by atoms with Crippen molar-refractivity contribution >= 4 is 21.6 Å². The van der Waals surface area contributed by atoms with Crippen LogP contribution in [0.2, 0.25) is 5.02 Å². The monoisotopic (exact) mass is 385 g/mol. The summed E-state index contributed by atoms with van der Waals surface area (Å²) in [5.74, 6) is -0.581. The smallest absolute Gasteiger partial charge is 0.316 e. The number of benzene rings is 1. The summed E-state index contributed by atoms with van der Waals surface area (Å²) in [6.07, 6.45) is 5.42. The molecule has 1 aromatic heterocycles. The third kappa shape index (κ3) is 4.87. The van der Waals surface area contributed by atoms with Crippen molar-refractivity contribution in [1.82, 2.24) is 14.7 Å². The number of sulfonamides is 1. The van der Waals surface area contributed by atoms with Crippen molar-refractivity contribution in [3.63, 3.8) is 0 Å². The molecule has 0 radical (unpaired) electrons. The first-order valence-electron chi connectivity index (χ1n) is 7.84. The molecule has 0 amide bonds. The van der Waals surface area contributed by atoms with E-state index in [0.717, 1.165) is 6.07 Å². The Kier molecular flexibility index (Phi) is 5.51. The summed E-state index contributed by atoms with van der Waals surface area (Å²) in [6, 6.07) is 5.01. The molecule has 1 saturated carbocycles. The fourth-order valence-corrected chi connectivity index (χ4v) is 4.16. The number of nitrogens with one attached hydrogen (secondary N) is 1. The van der Waals surface area contributed by atoms with Crippen molar-refractivity contribution in [1.29, 1.82) is 0 Å². The van der Waals surface area contributed by atoms with Gasteiger partial charge < -0.3 is 4.74 Å². The Balaban J connectivity index is 1.54. The van der Waals surface area contributed by atoms with Gasteiger partial charge in [-0.05, 0) is 43.9 Å². The molecular formula is C16H17ClFN3O3S. The summed E-state index contributed by atoms with van der Waals surface area (Å²) < 4.78 is 46.2. The highest BCUT2D eigenvalue weighted by atomic mass is 35.5. The van der Waals surface area contributed by atoms with Crippen LogP contribution in [0.5, 0.6) is 6.01 Å². The number of hydrogen-bond acceptors (Lipinski definition) is 5. The van der Waals surface area contributed by atoms with Crippen molar-refractivity contribution in [3.05, 3.63) is 47.5 Å². The average molecular weight is 386 g/mol. The van der Waals surface area contributed by atoms with E-state index >= 15 is 0 Å². The second kappa shape index (κ2) is 7.63. The molecular weight excluding hydrogens is 369 g/mol. The van der Waals surface area contributed by atoms with Gasteiger partial charge in [0.1, 0.15) is 11.9 Å². The van der Waals surface area contributed by atoms with E-state index in [0.29, 0.717) is 30.7 Å². The van der Waals surface area contributed by atoms with Crippen LogP contribution in [-0.2, 0) is 10.0 Å². The maximum absolute atomic E-state index is 13.2. The normalized spacial score (nSPS) is 21.0. The Morgan fingerprint density at radius 1 is 1.16 bits per heavy atom. The minimum Gasteiger partial charge on any atom is -0.460 e. The van der Waals surface area contributed by atoms with Gasteiger partial charge in [0.05, 0.1) is 22.3 Å². The number of halogens is 2. The lowest BCUT2D eigenvalue weighted by Crippen LogP contribution is -2.39. The maximum atomic E-state index is 13.2. The molecule has 0 spiro atoms. The van der Waals surface area contributed by atoms with Gasteiger partial charge in [-0.1, -0.05) is 17.7 Å². The van der Waals surface area contributed by atoms with E-state index in [1.54, 1.807) is 0 Å². The van der Waals surface area contributed by atoms with Gasteiger partial charge in [-0.3, -0.25) is 0 Å². The van der Waals surface area contributed by atoms with Crippen molar-refractivity contribution < 1.29 is 17.5 Å². The molecule has 6 nitrogen and oxygen atoms in total. The van der Waals surface area contributed by atoms with Crippen molar-refractivity contribution in [2.24, 2.45) is 0 Å². The molecule has 1 fully saturated rings.